The first-order chi connectivity index (χ1) is 18.6. The number of hydrogen-bond donors (Lipinski definition) is 4. The summed E-state index contributed by atoms with van der Waals surface area (Å²) in [6, 6.07) is 15.7. The second kappa shape index (κ2) is 16.1. The average Bonchev–Trinajstić information content (AvgIpc) is 2.91. The average molecular weight is 541 g/mol. The summed E-state index contributed by atoms with van der Waals surface area (Å²) >= 11 is 0. The Balaban J connectivity index is 2.14. The fourth-order valence-electron chi connectivity index (χ4n) is 3.85. The molecule has 0 unspecified atom stereocenters. The van der Waals surface area contributed by atoms with Gasteiger partial charge in [0.25, 0.3) is 0 Å². The lowest BCUT2D eigenvalue weighted by Crippen LogP contribution is -2.57. The van der Waals surface area contributed by atoms with Crippen molar-refractivity contribution in [1.82, 2.24) is 20.9 Å². The van der Waals surface area contributed by atoms with Crippen LogP contribution in [0.4, 0.5) is 4.79 Å². The smallest absolute Gasteiger partial charge is 0.408 e. The Labute approximate surface area is 230 Å². The summed E-state index contributed by atoms with van der Waals surface area (Å²) in [5, 5.41) is 17.9. The first-order valence-electron chi connectivity index (χ1n) is 13.0. The quantitative estimate of drug-likeness (QED) is 0.289. The number of hydrogen-bond acceptors (Lipinski definition) is 6. The maximum absolute atomic E-state index is 13.4. The van der Waals surface area contributed by atoms with Gasteiger partial charge in [0.15, 0.2) is 0 Å². The number of carbonyl (C=O) groups excluding carboxylic acids is 4. The highest BCUT2D eigenvalue weighted by molar-refractivity contribution is 5.91. The molecule has 2 aromatic carbocycles. The van der Waals surface area contributed by atoms with Gasteiger partial charge < -0.3 is 30.7 Å². The number of aliphatic hydroxyl groups is 1. The van der Waals surface area contributed by atoms with Crippen LogP contribution >= 0.6 is 0 Å². The van der Waals surface area contributed by atoms with E-state index in [-0.39, 0.29) is 38.0 Å². The van der Waals surface area contributed by atoms with E-state index >= 15 is 0 Å². The van der Waals surface area contributed by atoms with Crippen molar-refractivity contribution in [2.75, 3.05) is 20.2 Å². The highest BCUT2D eigenvalue weighted by Gasteiger charge is 2.29. The number of rotatable bonds is 14. The number of amides is 4. The lowest BCUT2D eigenvalue weighted by Gasteiger charge is -2.27. The van der Waals surface area contributed by atoms with Crippen molar-refractivity contribution in [3.8, 4) is 0 Å². The summed E-state index contributed by atoms with van der Waals surface area (Å²) in [6.07, 6.45) is -0.225. The number of carbonyl (C=O) groups is 4. The molecule has 0 saturated carbocycles. The topological polar surface area (TPSA) is 137 Å². The third kappa shape index (κ3) is 11.6. The molecule has 0 aliphatic carbocycles. The minimum atomic E-state index is -0.992. The first-order valence-corrected chi connectivity index (χ1v) is 13.0. The lowest BCUT2D eigenvalue weighted by atomic mass is 10.0. The zero-order valence-electron chi connectivity index (χ0n) is 23.1. The van der Waals surface area contributed by atoms with Gasteiger partial charge in [-0.1, -0.05) is 74.5 Å². The lowest BCUT2D eigenvalue weighted by molar-refractivity contribution is -0.131. The van der Waals surface area contributed by atoms with E-state index in [0.29, 0.717) is 6.42 Å². The van der Waals surface area contributed by atoms with Gasteiger partial charge in [-0.25, -0.2) is 4.79 Å². The molecule has 0 bridgehead atoms. The van der Waals surface area contributed by atoms with Gasteiger partial charge >= 0.3 is 6.09 Å². The zero-order valence-corrected chi connectivity index (χ0v) is 23.1. The van der Waals surface area contributed by atoms with E-state index in [1.807, 2.05) is 74.5 Å². The van der Waals surface area contributed by atoms with Crippen molar-refractivity contribution in [3.63, 3.8) is 0 Å². The van der Waals surface area contributed by atoms with Crippen molar-refractivity contribution in [3.05, 3.63) is 71.8 Å². The van der Waals surface area contributed by atoms with Crippen molar-refractivity contribution < 1.29 is 29.0 Å². The molecule has 2 rings (SSSR count). The molecule has 10 heteroatoms. The summed E-state index contributed by atoms with van der Waals surface area (Å²) in [4.78, 5) is 52.1. The molecule has 4 amide bonds. The largest absolute Gasteiger partial charge is 0.445 e. The van der Waals surface area contributed by atoms with Gasteiger partial charge in [-0.3, -0.25) is 14.4 Å². The summed E-state index contributed by atoms with van der Waals surface area (Å²) in [6.45, 7) is 5.00. The Morgan fingerprint density at radius 2 is 1.41 bits per heavy atom. The van der Waals surface area contributed by atoms with Gasteiger partial charge in [-0.15, -0.1) is 0 Å². The molecular formula is C29H40N4O6. The van der Waals surface area contributed by atoms with Gasteiger partial charge in [0.05, 0.1) is 12.6 Å². The Kier molecular flexibility index (Phi) is 12.9. The molecule has 0 aliphatic rings. The molecule has 39 heavy (non-hydrogen) atoms. The fraction of sp³-hybridized carbons (Fsp3) is 0.448. The highest BCUT2D eigenvalue weighted by Crippen LogP contribution is 2.09. The molecule has 2 aromatic rings. The molecule has 212 valence electrons. The Morgan fingerprint density at radius 3 is 1.95 bits per heavy atom. The van der Waals surface area contributed by atoms with Crippen LogP contribution in [0.2, 0.25) is 0 Å². The van der Waals surface area contributed by atoms with Gasteiger partial charge in [-0.05, 0) is 23.5 Å². The van der Waals surface area contributed by atoms with E-state index in [4.69, 9.17) is 4.74 Å². The van der Waals surface area contributed by atoms with Crippen LogP contribution in [0.3, 0.4) is 0 Å². The van der Waals surface area contributed by atoms with E-state index < -0.39 is 36.0 Å². The molecule has 0 aromatic heterocycles. The van der Waals surface area contributed by atoms with E-state index in [9.17, 15) is 24.3 Å². The van der Waals surface area contributed by atoms with E-state index in [0.717, 1.165) is 11.1 Å². The first kappa shape index (κ1) is 31.3. The molecule has 0 spiro atoms. The van der Waals surface area contributed by atoms with Crippen LogP contribution in [0.25, 0.3) is 0 Å². The van der Waals surface area contributed by atoms with Crippen LogP contribution in [0, 0.1) is 5.92 Å². The van der Waals surface area contributed by atoms with Crippen molar-refractivity contribution in [2.24, 2.45) is 5.92 Å². The van der Waals surface area contributed by atoms with E-state index in [1.54, 1.807) is 7.05 Å². The van der Waals surface area contributed by atoms with Crippen LogP contribution in [0.5, 0.6) is 0 Å². The minimum Gasteiger partial charge on any atom is -0.445 e. The Hall–Kier alpha value is -3.92. The standard InChI is InChI=1S/C29H40N4O6/c1-20(2)15-25(32-29(38)39-19-23-13-9-6-10-14-23)28(37)31-26(16-22-11-7-5-8-12-22)27(36)30-24(18-34)17-33(4)21(3)35/h5-14,20,24-26,34H,15-19H2,1-4H3,(H,30,36)(H,31,37)(H,32,38)/t24-,25-,26-/m0/s1. The molecule has 10 nitrogen and oxygen atoms in total. The second-order valence-electron chi connectivity index (χ2n) is 9.93. The summed E-state index contributed by atoms with van der Waals surface area (Å²) < 4.78 is 5.29. The monoisotopic (exact) mass is 540 g/mol. The predicted octanol–water partition coefficient (Wildman–Crippen LogP) is 2.01. The van der Waals surface area contributed by atoms with Crippen molar-refractivity contribution >= 4 is 23.8 Å². The number of ether oxygens (including phenoxy) is 1. The molecular weight excluding hydrogens is 500 g/mol. The molecule has 4 N–H and O–H groups in total. The van der Waals surface area contributed by atoms with Crippen LogP contribution in [0.15, 0.2) is 60.7 Å². The van der Waals surface area contributed by atoms with E-state index in [1.165, 1.54) is 11.8 Å². The summed E-state index contributed by atoms with van der Waals surface area (Å²) in [5.41, 5.74) is 1.63. The molecule has 3 atom stereocenters. The normalized spacial score (nSPS) is 13.1. The van der Waals surface area contributed by atoms with Crippen LogP contribution in [-0.4, -0.2) is 72.1 Å². The highest BCUT2D eigenvalue weighted by atomic mass is 16.5. The number of alkyl carbamates (subject to hydrolysis) is 1. The number of likely N-dealkylation sites (N-methyl/N-ethyl adjacent to an activating group) is 1. The number of nitrogens with zero attached hydrogens (tertiary/aromatic N) is 1. The van der Waals surface area contributed by atoms with Gasteiger partial charge in [0.2, 0.25) is 17.7 Å². The Morgan fingerprint density at radius 1 is 0.846 bits per heavy atom. The molecule has 0 aliphatic heterocycles. The van der Waals surface area contributed by atoms with E-state index in [2.05, 4.69) is 16.0 Å². The Bertz CT molecular complexity index is 1060. The second-order valence-corrected chi connectivity index (χ2v) is 9.93. The van der Waals surface area contributed by atoms with Crippen molar-refractivity contribution in [2.45, 2.75) is 58.3 Å². The van der Waals surface area contributed by atoms with Gasteiger partial charge in [0, 0.05) is 26.9 Å². The number of benzene rings is 2. The fourth-order valence-corrected chi connectivity index (χ4v) is 3.85. The molecule has 0 fully saturated rings. The molecule has 0 radical (unpaired) electrons. The summed E-state index contributed by atoms with van der Waals surface area (Å²) in [7, 11) is 1.57. The zero-order chi connectivity index (χ0) is 28.8. The summed E-state index contributed by atoms with van der Waals surface area (Å²) in [5.74, 6) is -1.19. The maximum Gasteiger partial charge on any atom is 0.408 e. The van der Waals surface area contributed by atoms with Gasteiger partial charge in [0.1, 0.15) is 18.7 Å². The van der Waals surface area contributed by atoms with Gasteiger partial charge in [-0.2, -0.15) is 0 Å². The number of aliphatic hydroxyl groups excluding tert-OH is 1. The number of nitrogens with one attached hydrogen (secondary N) is 3. The maximum atomic E-state index is 13.4. The third-order valence-electron chi connectivity index (χ3n) is 6.04. The third-order valence-corrected chi connectivity index (χ3v) is 6.04. The predicted molar refractivity (Wildman–Crippen MR) is 147 cm³/mol. The molecule has 0 heterocycles. The van der Waals surface area contributed by atoms with Crippen molar-refractivity contribution in [1.29, 1.82) is 0 Å². The van der Waals surface area contributed by atoms with Crippen LogP contribution in [0.1, 0.15) is 38.3 Å². The minimum absolute atomic E-state index is 0.0546. The SMILES string of the molecule is CC(=O)N(C)C[C@@H](CO)NC(=O)[C@H](Cc1ccccc1)NC(=O)[C@H](CC(C)C)NC(=O)OCc1ccccc1. The van der Waals surface area contributed by atoms with Crippen LogP contribution < -0.4 is 16.0 Å². The van der Waals surface area contributed by atoms with Crippen LogP contribution in [-0.2, 0) is 32.1 Å². The molecule has 0 saturated heterocycles.